The molecule has 124 valence electrons. The molecule has 0 spiro atoms. The van der Waals surface area contributed by atoms with Crippen molar-refractivity contribution in [1.29, 1.82) is 0 Å². The Hall–Kier alpha value is -0.670. The summed E-state index contributed by atoms with van der Waals surface area (Å²) in [7, 11) is 0. The van der Waals surface area contributed by atoms with Gasteiger partial charge in [-0.05, 0) is 29.4 Å². The molecule has 22 heavy (non-hydrogen) atoms. The summed E-state index contributed by atoms with van der Waals surface area (Å²) in [6.45, 7) is 0.775. The number of hydrogen-bond acceptors (Lipinski definition) is 7. The molecule has 0 aliphatic carbocycles. The van der Waals surface area contributed by atoms with Gasteiger partial charge in [0, 0.05) is 12.3 Å². The number of aliphatic hydroxyl groups excluding tert-OH is 1. The maximum Gasteiger partial charge on any atom is 0.380 e. The van der Waals surface area contributed by atoms with E-state index in [2.05, 4.69) is 4.52 Å². The predicted molar refractivity (Wildman–Crippen MR) is 77.1 cm³/mol. The Labute approximate surface area is 133 Å². The average molecular weight is 375 g/mol. The number of H-pyrrole nitrogens is 1. The number of nitrogens with zero attached hydrogens (tertiary/aromatic N) is 1. The van der Waals surface area contributed by atoms with E-state index in [9.17, 15) is 24.4 Å². The van der Waals surface area contributed by atoms with Crippen LogP contribution in [0.1, 0.15) is 13.2 Å². The molecule has 1 aromatic heterocycles. The van der Waals surface area contributed by atoms with Gasteiger partial charge in [0.25, 0.3) is 5.56 Å². The largest absolute Gasteiger partial charge is 0.387 e. The van der Waals surface area contributed by atoms with Gasteiger partial charge in [-0.25, -0.2) is 4.79 Å². The molecule has 1 aliphatic rings. The topological polar surface area (TPSA) is 131 Å². The van der Waals surface area contributed by atoms with Gasteiger partial charge in [-0.3, -0.25) is 18.9 Å². The van der Waals surface area contributed by atoms with E-state index in [-0.39, 0.29) is 0 Å². The Morgan fingerprint density at radius 2 is 2.18 bits per heavy atom. The minimum Gasteiger partial charge on any atom is -0.387 e. The molecule has 0 amide bonds. The zero-order valence-electron chi connectivity index (χ0n) is 11.2. The van der Waals surface area contributed by atoms with E-state index in [0.717, 1.165) is 16.8 Å². The number of hydrogen-bond donors (Lipinski definition) is 3. The lowest BCUT2D eigenvalue weighted by molar-refractivity contribution is -0.0983. The van der Waals surface area contributed by atoms with E-state index < -0.39 is 48.0 Å². The smallest absolute Gasteiger partial charge is 0.380 e. The minimum absolute atomic E-state index is 0.462. The molecule has 1 fully saturated rings. The molecule has 1 aliphatic heterocycles. The quantitative estimate of drug-likeness (QED) is 0.639. The van der Waals surface area contributed by atoms with Gasteiger partial charge in [0.05, 0.1) is 6.61 Å². The molecule has 4 atom stereocenters. The molecule has 1 saturated heterocycles. The van der Waals surface area contributed by atoms with Crippen LogP contribution in [0.25, 0.3) is 0 Å². The zero-order chi connectivity index (χ0) is 16.7. The van der Waals surface area contributed by atoms with Crippen LogP contribution in [0.15, 0.2) is 21.9 Å². The van der Waals surface area contributed by atoms with Gasteiger partial charge in [-0.2, -0.15) is 0 Å². The van der Waals surface area contributed by atoms with Crippen molar-refractivity contribution in [3.63, 3.8) is 0 Å². The van der Waals surface area contributed by atoms with Crippen molar-refractivity contribution < 1.29 is 24.0 Å². The average Bonchev–Trinajstić information content (AvgIpc) is 2.59. The van der Waals surface area contributed by atoms with Crippen molar-refractivity contribution >= 4 is 28.6 Å². The number of aromatic amines is 1. The summed E-state index contributed by atoms with van der Waals surface area (Å²) in [6.07, 6.45) is -6.63. The lowest BCUT2D eigenvalue weighted by atomic mass is 9.96. The van der Waals surface area contributed by atoms with Crippen molar-refractivity contribution in [2.24, 2.45) is 0 Å². The number of nitrogens with one attached hydrogen (secondary N) is 1. The Morgan fingerprint density at radius 3 is 2.73 bits per heavy atom. The van der Waals surface area contributed by atoms with E-state index in [1.165, 1.54) is 6.92 Å². The zero-order valence-corrected chi connectivity index (χ0v) is 13.6. The first-order valence-corrected chi connectivity index (χ1v) is 9.47. The van der Waals surface area contributed by atoms with Crippen molar-refractivity contribution in [2.45, 2.75) is 31.0 Å². The third-order valence-electron chi connectivity index (χ3n) is 3.25. The Kier molecular flexibility index (Phi) is 4.89. The molecule has 2 rings (SSSR count). The highest BCUT2D eigenvalue weighted by atomic mass is 35.9. The summed E-state index contributed by atoms with van der Waals surface area (Å²) in [5.74, 6) is 0. The number of ether oxygens (including phenoxy) is 1. The van der Waals surface area contributed by atoms with Gasteiger partial charge >= 0.3 is 11.8 Å². The van der Waals surface area contributed by atoms with E-state index in [1.54, 1.807) is 0 Å². The maximum absolute atomic E-state index is 11.8. The van der Waals surface area contributed by atoms with Crippen LogP contribution in [0.4, 0.5) is 0 Å². The van der Waals surface area contributed by atoms with Gasteiger partial charge < -0.3 is 19.5 Å². The van der Waals surface area contributed by atoms with Crippen LogP contribution in [-0.4, -0.2) is 44.2 Å². The first-order valence-electron chi connectivity index (χ1n) is 6.03. The lowest BCUT2D eigenvalue weighted by Gasteiger charge is -2.27. The van der Waals surface area contributed by atoms with Crippen LogP contribution >= 0.6 is 28.6 Å². The van der Waals surface area contributed by atoms with Crippen LogP contribution in [0.3, 0.4) is 0 Å². The third-order valence-corrected chi connectivity index (χ3v) is 4.28. The molecule has 0 saturated carbocycles. The first-order chi connectivity index (χ1) is 10.0. The predicted octanol–water partition coefficient (Wildman–Crippen LogP) is 0.148. The highest BCUT2D eigenvalue weighted by Gasteiger charge is 2.53. The van der Waals surface area contributed by atoms with Crippen molar-refractivity contribution in [1.82, 2.24) is 9.55 Å². The molecule has 12 heteroatoms. The number of aliphatic hydroxyl groups is 2. The summed E-state index contributed by atoms with van der Waals surface area (Å²) in [4.78, 5) is 24.8. The molecule has 9 nitrogen and oxygen atoms in total. The van der Waals surface area contributed by atoms with Gasteiger partial charge in [0.1, 0.15) is 17.8 Å². The van der Waals surface area contributed by atoms with E-state index in [0.29, 0.717) is 0 Å². The molecule has 2 heterocycles. The van der Waals surface area contributed by atoms with Crippen LogP contribution in [0.2, 0.25) is 0 Å². The molecule has 3 N–H and O–H groups in total. The van der Waals surface area contributed by atoms with Crippen molar-refractivity contribution in [3.05, 3.63) is 33.1 Å². The van der Waals surface area contributed by atoms with Crippen LogP contribution in [-0.2, 0) is 13.8 Å². The standard InChI is InChI=1S/C10H13Cl2N2O7P/c1-10(18)7(16)5(4-20-22(11,12)19)21-8(10)14-3-2-6(15)13-9(14)17/h2-3,5,7-8,16,18H,4H2,1H3,(H,13,15,17). The number of rotatable bonds is 4. The van der Waals surface area contributed by atoms with Crippen LogP contribution in [0.5, 0.6) is 0 Å². The molecule has 0 bridgehead atoms. The van der Waals surface area contributed by atoms with Crippen molar-refractivity contribution in [2.75, 3.05) is 6.61 Å². The highest BCUT2D eigenvalue weighted by Crippen LogP contribution is 2.58. The van der Waals surface area contributed by atoms with Crippen molar-refractivity contribution in [3.8, 4) is 0 Å². The van der Waals surface area contributed by atoms with Crippen LogP contribution < -0.4 is 11.2 Å². The van der Waals surface area contributed by atoms with Gasteiger partial charge in [-0.1, -0.05) is 0 Å². The lowest BCUT2D eigenvalue weighted by Crippen LogP contribution is -2.46. The molecular weight excluding hydrogens is 362 g/mol. The summed E-state index contributed by atoms with van der Waals surface area (Å²) in [5.41, 5.74) is -3.32. The second-order valence-electron chi connectivity index (χ2n) is 4.93. The van der Waals surface area contributed by atoms with E-state index in [1.807, 2.05) is 4.98 Å². The molecule has 1 aromatic rings. The Morgan fingerprint density at radius 1 is 1.55 bits per heavy atom. The maximum atomic E-state index is 11.8. The second kappa shape index (κ2) is 6.09. The fraction of sp³-hybridized carbons (Fsp3) is 0.600. The Bertz CT molecular complexity index is 712. The van der Waals surface area contributed by atoms with Gasteiger partial charge in [-0.15, -0.1) is 0 Å². The second-order valence-corrected chi connectivity index (χ2v) is 9.20. The van der Waals surface area contributed by atoms with Gasteiger partial charge in [0.2, 0.25) is 0 Å². The SMILES string of the molecule is CC1(O)C(O)C(COP(=O)(Cl)Cl)OC1n1ccc(=O)[nH]c1=O. The normalized spacial score (nSPS) is 32.3. The number of aromatic nitrogens is 2. The molecule has 4 unspecified atom stereocenters. The number of halogens is 2. The summed E-state index contributed by atoms with van der Waals surface area (Å²) in [6, 6.07) is 1.06. The fourth-order valence-corrected chi connectivity index (χ4v) is 2.81. The first kappa shape index (κ1) is 17.7. The van der Waals surface area contributed by atoms with Crippen LogP contribution in [0, 0.1) is 0 Å². The third kappa shape index (κ3) is 3.62. The summed E-state index contributed by atoms with van der Waals surface area (Å²) >= 11 is 10.5. The van der Waals surface area contributed by atoms with E-state index >= 15 is 0 Å². The fourth-order valence-electron chi connectivity index (χ4n) is 2.15. The molecular formula is C10H13Cl2N2O7P. The van der Waals surface area contributed by atoms with Gasteiger partial charge in [0.15, 0.2) is 6.23 Å². The Balaban J connectivity index is 2.28. The summed E-state index contributed by atoms with van der Waals surface area (Å²) in [5, 5.41) is 20.4. The monoisotopic (exact) mass is 374 g/mol. The highest BCUT2D eigenvalue weighted by molar-refractivity contribution is 8.05. The summed E-state index contributed by atoms with van der Waals surface area (Å²) < 4.78 is 22.0. The molecule has 0 radical (unpaired) electrons. The van der Waals surface area contributed by atoms with E-state index in [4.69, 9.17) is 27.2 Å². The minimum atomic E-state index is -3.84. The molecule has 0 aromatic carbocycles.